The molecule has 1 amide bonds. The van der Waals surface area contributed by atoms with Gasteiger partial charge in [0.1, 0.15) is 11.5 Å². The molecule has 2 aromatic carbocycles. The summed E-state index contributed by atoms with van der Waals surface area (Å²) < 4.78 is 65.2. The fourth-order valence-corrected chi connectivity index (χ4v) is 3.29. The van der Waals surface area contributed by atoms with Crippen molar-refractivity contribution >= 4 is 21.6 Å². The molecule has 0 aliphatic rings. The molecule has 1 N–H and O–H groups in total. The molecule has 0 fully saturated rings. The molecular formula is C17H17F3N2O3S. The Morgan fingerprint density at radius 2 is 1.69 bits per heavy atom. The van der Waals surface area contributed by atoms with Gasteiger partial charge in [0, 0.05) is 6.54 Å². The van der Waals surface area contributed by atoms with Crippen molar-refractivity contribution in [3.8, 4) is 0 Å². The highest BCUT2D eigenvalue weighted by Crippen LogP contribution is 2.24. The Kier molecular flexibility index (Phi) is 6.25. The molecule has 0 heterocycles. The maximum absolute atomic E-state index is 13.9. The molecule has 26 heavy (non-hydrogen) atoms. The van der Waals surface area contributed by atoms with Crippen LogP contribution < -0.4 is 9.62 Å². The molecule has 5 nitrogen and oxygen atoms in total. The number of sulfonamides is 1. The topological polar surface area (TPSA) is 66.5 Å². The predicted octanol–water partition coefficient (Wildman–Crippen LogP) is 2.23. The molecule has 0 aliphatic heterocycles. The third kappa shape index (κ3) is 5.22. The van der Waals surface area contributed by atoms with Gasteiger partial charge in [0.05, 0.1) is 19.2 Å². The first kappa shape index (κ1) is 19.8. The van der Waals surface area contributed by atoms with Crippen LogP contribution in [0.2, 0.25) is 0 Å². The zero-order chi connectivity index (χ0) is 19.3. The lowest BCUT2D eigenvalue weighted by atomic mass is 10.1. The van der Waals surface area contributed by atoms with Gasteiger partial charge in [-0.05, 0) is 29.8 Å². The van der Waals surface area contributed by atoms with Crippen molar-refractivity contribution in [2.75, 3.05) is 23.7 Å². The van der Waals surface area contributed by atoms with Gasteiger partial charge in [-0.15, -0.1) is 0 Å². The van der Waals surface area contributed by atoms with Crippen LogP contribution in [-0.2, 0) is 21.2 Å². The van der Waals surface area contributed by atoms with E-state index in [1.165, 1.54) is 18.2 Å². The first-order chi connectivity index (χ1) is 12.2. The number of amides is 1. The van der Waals surface area contributed by atoms with Gasteiger partial charge in [-0.2, -0.15) is 0 Å². The highest BCUT2D eigenvalue weighted by molar-refractivity contribution is 7.92. The van der Waals surface area contributed by atoms with Gasteiger partial charge in [0.2, 0.25) is 15.9 Å². The summed E-state index contributed by atoms with van der Waals surface area (Å²) in [7, 11) is -3.97. The quantitative estimate of drug-likeness (QED) is 0.794. The second-order valence-corrected chi connectivity index (χ2v) is 7.47. The van der Waals surface area contributed by atoms with Crippen LogP contribution in [0.1, 0.15) is 5.56 Å². The number of benzene rings is 2. The summed E-state index contributed by atoms with van der Waals surface area (Å²) in [6.45, 7) is -0.527. The molecule has 0 aliphatic carbocycles. The van der Waals surface area contributed by atoms with Crippen LogP contribution in [0.4, 0.5) is 18.9 Å². The van der Waals surface area contributed by atoms with Crippen LogP contribution in [0.25, 0.3) is 0 Å². The molecule has 0 saturated heterocycles. The van der Waals surface area contributed by atoms with Gasteiger partial charge in [0.25, 0.3) is 0 Å². The van der Waals surface area contributed by atoms with Crippen molar-refractivity contribution in [2.24, 2.45) is 0 Å². The van der Waals surface area contributed by atoms with E-state index in [0.717, 1.165) is 24.5 Å². The molecule has 140 valence electrons. The van der Waals surface area contributed by atoms with Gasteiger partial charge in [-0.25, -0.2) is 21.6 Å². The number of para-hydroxylation sites is 1. The number of halogens is 3. The lowest BCUT2D eigenvalue weighted by Gasteiger charge is -2.23. The van der Waals surface area contributed by atoms with Crippen LogP contribution >= 0.6 is 0 Å². The zero-order valence-corrected chi connectivity index (χ0v) is 14.7. The predicted molar refractivity (Wildman–Crippen MR) is 91.7 cm³/mol. The van der Waals surface area contributed by atoms with E-state index in [2.05, 4.69) is 5.32 Å². The SMILES string of the molecule is CS(=O)(=O)N(CCNC(=O)Cc1cccc(F)c1)c1c(F)cccc1F. The molecule has 0 radical (unpaired) electrons. The van der Waals surface area contributed by atoms with Crippen LogP contribution in [-0.4, -0.2) is 33.7 Å². The van der Waals surface area contributed by atoms with Gasteiger partial charge in [-0.1, -0.05) is 18.2 Å². The lowest BCUT2D eigenvalue weighted by molar-refractivity contribution is -0.120. The summed E-state index contributed by atoms with van der Waals surface area (Å²) in [5.41, 5.74) is -0.253. The molecule has 9 heteroatoms. The second kappa shape index (κ2) is 8.22. The molecule has 2 aromatic rings. The molecule has 0 spiro atoms. The zero-order valence-electron chi connectivity index (χ0n) is 13.9. The Morgan fingerprint density at radius 3 is 2.27 bits per heavy atom. The summed E-state index contributed by atoms with van der Waals surface area (Å²) in [5.74, 6) is -3.00. The monoisotopic (exact) mass is 386 g/mol. The minimum atomic E-state index is -3.97. The van der Waals surface area contributed by atoms with Gasteiger partial charge in [-0.3, -0.25) is 9.10 Å². The first-order valence-corrected chi connectivity index (χ1v) is 9.46. The minimum Gasteiger partial charge on any atom is -0.354 e. The Labute approximate surface area is 149 Å². The van der Waals surface area contributed by atoms with Gasteiger partial charge < -0.3 is 5.32 Å². The van der Waals surface area contributed by atoms with Crippen molar-refractivity contribution in [1.29, 1.82) is 0 Å². The number of carbonyl (C=O) groups is 1. The third-order valence-corrected chi connectivity index (χ3v) is 4.64. The Balaban J connectivity index is 2.03. The number of carbonyl (C=O) groups excluding carboxylic acids is 1. The highest BCUT2D eigenvalue weighted by Gasteiger charge is 2.24. The van der Waals surface area contributed by atoms with Crippen LogP contribution in [0, 0.1) is 17.5 Å². The van der Waals surface area contributed by atoms with E-state index in [4.69, 9.17) is 0 Å². The molecule has 0 saturated carbocycles. The highest BCUT2D eigenvalue weighted by atomic mass is 32.2. The number of nitrogens with zero attached hydrogens (tertiary/aromatic N) is 1. The number of rotatable bonds is 7. The van der Waals surface area contributed by atoms with Crippen LogP contribution in [0.15, 0.2) is 42.5 Å². The second-order valence-electron chi connectivity index (χ2n) is 5.56. The van der Waals surface area contributed by atoms with Crippen LogP contribution in [0.3, 0.4) is 0 Å². The van der Waals surface area contributed by atoms with Gasteiger partial charge in [0.15, 0.2) is 11.6 Å². The normalized spacial score (nSPS) is 11.2. The van der Waals surface area contributed by atoms with E-state index in [9.17, 15) is 26.4 Å². The molecule has 0 unspecified atom stereocenters. The summed E-state index contributed by atoms with van der Waals surface area (Å²) in [5, 5.41) is 2.45. The van der Waals surface area contributed by atoms with E-state index >= 15 is 0 Å². The molecule has 0 aromatic heterocycles. The summed E-state index contributed by atoms with van der Waals surface area (Å²) in [6, 6.07) is 8.49. The Bertz CT molecular complexity index is 884. The standard InChI is InChI=1S/C17H17F3N2O3S/c1-26(24,25)22(17-14(19)6-3-7-15(17)20)9-8-21-16(23)11-12-4-2-5-13(18)10-12/h2-7,10H,8-9,11H2,1H3,(H,21,23). The number of nitrogens with one attached hydrogen (secondary N) is 1. The smallest absolute Gasteiger partial charge is 0.232 e. The summed E-state index contributed by atoms with van der Waals surface area (Å²) in [6.07, 6.45) is 0.706. The maximum atomic E-state index is 13.9. The minimum absolute atomic E-state index is 0.106. The largest absolute Gasteiger partial charge is 0.354 e. The lowest BCUT2D eigenvalue weighted by Crippen LogP contribution is -2.39. The third-order valence-electron chi connectivity index (χ3n) is 3.48. The Hall–Kier alpha value is -2.55. The van der Waals surface area contributed by atoms with Crippen molar-refractivity contribution < 1.29 is 26.4 Å². The average molecular weight is 386 g/mol. The van der Waals surface area contributed by atoms with E-state index in [0.29, 0.717) is 9.87 Å². The maximum Gasteiger partial charge on any atom is 0.232 e. The van der Waals surface area contributed by atoms with E-state index in [1.54, 1.807) is 6.07 Å². The van der Waals surface area contributed by atoms with E-state index in [1.807, 2.05) is 0 Å². The number of hydrogen-bond donors (Lipinski definition) is 1. The van der Waals surface area contributed by atoms with Gasteiger partial charge >= 0.3 is 0 Å². The van der Waals surface area contributed by atoms with Crippen molar-refractivity contribution in [1.82, 2.24) is 5.32 Å². The van der Waals surface area contributed by atoms with Crippen LogP contribution in [0.5, 0.6) is 0 Å². The average Bonchev–Trinajstić information content (AvgIpc) is 2.52. The fraction of sp³-hybridized carbons (Fsp3) is 0.235. The number of anilines is 1. The fourth-order valence-electron chi connectivity index (χ4n) is 2.36. The molecule has 0 bridgehead atoms. The van der Waals surface area contributed by atoms with Crippen molar-refractivity contribution in [2.45, 2.75) is 6.42 Å². The van der Waals surface area contributed by atoms with E-state index < -0.39 is 39.1 Å². The molecule has 0 atom stereocenters. The van der Waals surface area contributed by atoms with Crippen molar-refractivity contribution in [3.63, 3.8) is 0 Å². The number of hydrogen-bond acceptors (Lipinski definition) is 3. The van der Waals surface area contributed by atoms with Crippen molar-refractivity contribution in [3.05, 3.63) is 65.5 Å². The summed E-state index contributed by atoms with van der Waals surface area (Å²) >= 11 is 0. The molecule has 2 rings (SSSR count). The molecular weight excluding hydrogens is 369 g/mol. The van der Waals surface area contributed by atoms with E-state index in [-0.39, 0.29) is 19.5 Å². The summed E-state index contributed by atoms with van der Waals surface area (Å²) in [4.78, 5) is 11.9. The first-order valence-electron chi connectivity index (χ1n) is 7.61. The Morgan fingerprint density at radius 1 is 1.08 bits per heavy atom.